The lowest BCUT2D eigenvalue weighted by Gasteiger charge is -2.07. The summed E-state index contributed by atoms with van der Waals surface area (Å²) in [6.45, 7) is 6.28. The Morgan fingerprint density at radius 1 is 1.06 bits per heavy atom. The third-order valence-corrected chi connectivity index (χ3v) is 5.98. The van der Waals surface area contributed by atoms with E-state index in [4.69, 9.17) is 10.2 Å². The van der Waals surface area contributed by atoms with Gasteiger partial charge in [-0.25, -0.2) is 18.7 Å². The number of hydrogen-bond donors (Lipinski definition) is 2. The van der Waals surface area contributed by atoms with Crippen LogP contribution in [0.4, 0.5) is 14.6 Å². The first-order chi connectivity index (χ1) is 16.8. The van der Waals surface area contributed by atoms with Crippen LogP contribution in [0, 0.1) is 5.82 Å². The van der Waals surface area contributed by atoms with Gasteiger partial charge in [0, 0.05) is 28.8 Å². The van der Waals surface area contributed by atoms with Gasteiger partial charge in [0.25, 0.3) is 11.8 Å². The lowest BCUT2D eigenvalue weighted by molar-refractivity contribution is 0.344. The first-order valence-corrected chi connectivity index (χ1v) is 12.0. The number of anilines is 1. The fraction of sp³-hybridized carbons (Fsp3) is 0.280. The zero-order chi connectivity index (χ0) is 24.9. The van der Waals surface area contributed by atoms with Crippen molar-refractivity contribution in [2.24, 2.45) is 0 Å². The second-order valence-corrected chi connectivity index (χ2v) is 9.97. The van der Waals surface area contributed by atoms with Crippen molar-refractivity contribution < 1.29 is 13.2 Å². The highest BCUT2D eigenvalue weighted by atomic mass is 32.2. The van der Waals surface area contributed by atoms with E-state index >= 15 is 0 Å². The van der Waals surface area contributed by atoms with Crippen molar-refractivity contribution in [2.75, 3.05) is 12.3 Å². The van der Waals surface area contributed by atoms with E-state index in [9.17, 15) is 8.78 Å². The Kier molecular flexibility index (Phi) is 7.72. The second-order valence-electron chi connectivity index (χ2n) is 8.32. The third-order valence-electron chi connectivity index (χ3n) is 4.97. The highest BCUT2D eigenvalue weighted by molar-refractivity contribution is 7.99. The van der Waals surface area contributed by atoms with Gasteiger partial charge < -0.3 is 15.5 Å². The predicted molar refractivity (Wildman–Crippen MR) is 134 cm³/mol. The normalized spacial score (nSPS) is 12.3. The van der Waals surface area contributed by atoms with Crippen LogP contribution in [0.2, 0.25) is 0 Å². The average Bonchev–Trinajstić information content (AvgIpc) is 3.29. The van der Waals surface area contributed by atoms with Gasteiger partial charge in [-0.3, -0.25) is 0 Å². The van der Waals surface area contributed by atoms with Crippen molar-refractivity contribution in [3.63, 3.8) is 0 Å². The molecule has 35 heavy (non-hydrogen) atoms. The molecule has 7 nitrogen and oxygen atoms in total. The Morgan fingerprint density at radius 2 is 1.80 bits per heavy atom. The minimum absolute atomic E-state index is 0.00365. The van der Waals surface area contributed by atoms with E-state index in [2.05, 4.69) is 39.3 Å². The van der Waals surface area contributed by atoms with E-state index in [0.717, 1.165) is 10.5 Å². The number of nitrogen functional groups attached to an aromatic ring is 1. The van der Waals surface area contributed by atoms with Crippen LogP contribution < -0.4 is 11.1 Å². The highest BCUT2D eigenvalue weighted by Gasteiger charge is 2.19. The molecule has 0 aliphatic carbocycles. The van der Waals surface area contributed by atoms with Gasteiger partial charge >= 0.3 is 0 Å². The van der Waals surface area contributed by atoms with Gasteiger partial charge in [0.15, 0.2) is 11.5 Å². The zero-order valence-electron chi connectivity index (χ0n) is 19.6. The molecular weight excluding hydrogens is 470 g/mol. The molecule has 0 fully saturated rings. The number of nitrogens with one attached hydrogen (secondary N) is 1. The number of alkyl halides is 1. The lowest BCUT2D eigenvalue weighted by atomic mass is 10.1. The van der Waals surface area contributed by atoms with Crippen LogP contribution in [0.25, 0.3) is 34.3 Å². The molecule has 0 amide bonds. The van der Waals surface area contributed by atoms with Crippen molar-refractivity contribution >= 4 is 17.6 Å². The third kappa shape index (κ3) is 6.20. The molecule has 1 unspecified atom stereocenters. The number of nitrogens with two attached hydrogens (primary N) is 1. The quantitative estimate of drug-likeness (QED) is 0.292. The summed E-state index contributed by atoms with van der Waals surface area (Å²) in [5.74, 6) is -0.364. The molecule has 0 aliphatic heterocycles. The van der Waals surface area contributed by atoms with E-state index < -0.39 is 12.0 Å². The molecule has 2 aromatic heterocycles. The number of hydrogen-bond acceptors (Lipinski definition) is 8. The number of rotatable bonds is 9. The molecule has 0 radical (unpaired) electrons. The molecule has 0 aliphatic rings. The number of halogens is 2. The fourth-order valence-electron chi connectivity index (χ4n) is 3.36. The van der Waals surface area contributed by atoms with Crippen molar-refractivity contribution in [1.82, 2.24) is 25.5 Å². The Balaban J connectivity index is 1.55. The molecule has 0 bridgehead atoms. The van der Waals surface area contributed by atoms with Crippen LogP contribution in [0.3, 0.4) is 0 Å². The molecule has 182 valence electrons. The Bertz CT molecular complexity index is 1290. The Morgan fingerprint density at radius 3 is 2.49 bits per heavy atom. The predicted octanol–water partition coefficient (Wildman–Crippen LogP) is 5.53. The van der Waals surface area contributed by atoms with E-state index in [1.54, 1.807) is 30.1 Å². The van der Waals surface area contributed by atoms with Crippen LogP contribution in [-0.2, 0) is 6.54 Å². The van der Waals surface area contributed by atoms with Gasteiger partial charge in [-0.15, -0.1) is 22.0 Å². The second kappa shape index (κ2) is 10.9. The SMILES string of the molecule is CC(F)CNCc1ccc(-c2nnc(-c3nc(-c4ccc(SC(C)C)cc4)cnc3N)o2)c(F)c1. The molecule has 0 saturated carbocycles. The molecule has 0 saturated heterocycles. The van der Waals surface area contributed by atoms with Gasteiger partial charge in [0.05, 0.1) is 17.5 Å². The van der Waals surface area contributed by atoms with E-state index in [1.165, 1.54) is 13.0 Å². The van der Waals surface area contributed by atoms with Crippen molar-refractivity contribution in [3.05, 3.63) is 60.0 Å². The number of benzene rings is 2. The van der Waals surface area contributed by atoms with Crippen LogP contribution in [0.1, 0.15) is 26.3 Å². The largest absolute Gasteiger partial charge is 0.414 e. The topological polar surface area (TPSA) is 103 Å². The van der Waals surface area contributed by atoms with E-state index in [1.807, 2.05) is 24.3 Å². The van der Waals surface area contributed by atoms with Crippen molar-refractivity contribution in [3.8, 4) is 34.3 Å². The molecule has 4 rings (SSSR count). The lowest BCUT2D eigenvalue weighted by Crippen LogP contribution is -2.21. The smallest absolute Gasteiger partial charge is 0.270 e. The van der Waals surface area contributed by atoms with Crippen LogP contribution >= 0.6 is 11.8 Å². The highest BCUT2D eigenvalue weighted by Crippen LogP contribution is 2.30. The molecule has 4 aromatic rings. The fourth-order valence-corrected chi connectivity index (χ4v) is 4.19. The van der Waals surface area contributed by atoms with Crippen LogP contribution in [-0.4, -0.2) is 38.1 Å². The summed E-state index contributed by atoms with van der Waals surface area (Å²) in [6, 6.07) is 12.6. The molecule has 1 atom stereocenters. The first kappa shape index (κ1) is 24.7. The summed E-state index contributed by atoms with van der Waals surface area (Å²) >= 11 is 1.77. The average molecular weight is 497 g/mol. The number of aromatic nitrogens is 4. The maximum Gasteiger partial charge on any atom is 0.270 e. The summed E-state index contributed by atoms with van der Waals surface area (Å²) < 4.78 is 33.4. The van der Waals surface area contributed by atoms with Crippen LogP contribution in [0.15, 0.2) is 58.0 Å². The maximum atomic E-state index is 14.7. The molecule has 10 heteroatoms. The van der Waals surface area contributed by atoms with Gasteiger partial charge in [-0.1, -0.05) is 32.0 Å². The first-order valence-electron chi connectivity index (χ1n) is 11.2. The number of nitrogens with zero attached hydrogens (tertiary/aromatic N) is 4. The summed E-state index contributed by atoms with van der Waals surface area (Å²) in [7, 11) is 0. The van der Waals surface area contributed by atoms with E-state index in [-0.39, 0.29) is 35.4 Å². The maximum absolute atomic E-state index is 14.7. The summed E-state index contributed by atoms with van der Waals surface area (Å²) in [5.41, 5.74) is 8.54. The molecule has 0 spiro atoms. The van der Waals surface area contributed by atoms with Gasteiger partial charge in [0.1, 0.15) is 12.0 Å². The van der Waals surface area contributed by atoms with Crippen molar-refractivity contribution in [2.45, 2.75) is 43.6 Å². The van der Waals surface area contributed by atoms with E-state index in [0.29, 0.717) is 23.1 Å². The summed E-state index contributed by atoms with van der Waals surface area (Å²) in [5, 5.41) is 11.4. The monoisotopic (exact) mass is 496 g/mol. The molecular formula is C25H26F2N6OS. The van der Waals surface area contributed by atoms with Gasteiger partial charge in [0.2, 0.25) is 0 Å². The number of thioether (sulfide) groups is 1. The molecule has 2 heterocycles. The van der Waals surface area contributed by atoms with Gasteiger partial charge in [-0.05, 0) is 36.8 Å². The van der Waals surface area contributed by atoms with Crippen molar-refractivity contribution in [1.29, 1.82) is 0 Å². The van der Waals surface area contributed by atoms with Crippen LogP contribution in [0.5, 0.6) is 0 Å². The zero-order valence-corrected chi connectivity index (χ0v) is 20.4. The minimum atomic E-state index is -0.979. The molecule has 2 aromatic carbocycles. The Hall–Kier alpha value is -3.37. The van der Waals surface area contributed by atoms with Gasteiger partial charge in [-0.2, -0.15) is 0 Å². The standard InChI is InChI=1S/C25H26F2N6OS/c1-14(2)35-18-7-5-17(6-8-18)21-13-30-23(28)22(31-21)25-33-32-24(34-25)19-9-4-16(10-20(19)27)12-29-11-15(3)26/h4-10,13-15,29H,11-12H2,1-3H3,(H2,28,30). The minimum Gasteiger partial charge on any atom is -0.414 e. The summed E-state index contributed by atoms with van der Waals surface area (Å²) in [4.78, 5) is 9.96. The Labute approximate surface area is 206 Å². The molecule has 3 N–H and O–H groups in total. The summed E-state index contributed by atoms with van der Waals surface area (Å²) in [6.07, 6.45) is 0.602.